The Morgan fingerprint density at radius 2 is 1.57 bits per heavy atom. The van der Waals surface area contributed by atoms with Crippen molar-refractivity contribution in [3.8, 4) is 17.2 Å². The third kappa shape index (κ3) is 4.54. The molecule has 2 aromatic carbocycles. The summed E-state index contributed by atoms with van der Waals surface area (Å²) in [4.78, 5) is 26.9. The highest BCUT2D eigenvalue weighted by Gasteiger charge is 2.24. The number of anilines is 1. The van der Waals surface area contributed by atoms with E-state index < -0.39 is 23.2 Å². The van der Waals surface area contributed by atoms with Crippen LogP contribution in [0.3, 0.4) is 0 Å². The number of rotatable bonds is 5. The van der Waals surface area contributed by atoms with Gasteiger partial charge >= 0.3 is 0 Å². The number of phenolic OH excluding ortho intramolecular Hbond substituents is 3. The first-order chi connectivity index (χ1) is 13.5. The number of phenols is 3. The Hall–Kier alpha value is -3.22. The quantitative estimate of drug-likeness (QED) is 0.593. The molecule has 0 radical (unpaired) electrons. The Kier molecular flexibility index (Phi) is 6.03. The molecule has 7 heteroatoms. The average molecular weight is 384 g/mol. The largest absolute Gasteiger partial charge is 0.504 e. The van der Waals surface area contributed by atoms with Gasteiger partial charge in [-0.3, -0.25) is 14.5 Å². The van der Waals surface area contributed by atoms with Crippen LogP contribution in [0.15, 0.2) is 42.5 Å². The van der Waals surface area contributed by atoms with Gasteiger partial charge in [-0.25, -0.2) is 0 Å². The molecule has 0 saturated heterocycles. The predicted molar refractivity (Wildman–Crippen MR) is 105 cm³/mol. The number of nitrogens with zero attached hydrogens (tertiary/aromatic N) is 1. The van der Waals surface area contributed by atoms with Crippen molar-refractivity contribution in [1.29, 1.82) is 0 Å². The van der Waals surface area contributed by atoms with Gasteiger partial charge in [-0.2, -0.15) is 0 Å². The lowest BCUT2D eigenvalue weighted by Crippen LogP contribution is -2.45. The van der Waals surface area contributed by atoms with E-state index in [2.05, 4.69) is 5.32 Å². The van der Waals surface area contributed by atoms with Gasteiger partial charge in [0.25, 0.3) is 5.91 Å². The number of nitrogens with one attached hydrogen (secondary N) is 1. The maximum Gasteiger partial charge on any atom is 0.259 e. The molecule has 2 amide bonds. The van der Waals surface area contributed by atoms with E-state index in [1.165, 1.54) is 11.3 Å². The number of para-hydroxylation sites is 1. The number of hydrogen-bond donors (Lipinski definition) is 4. The Balaban J connectivity index is 1.83. The summed E-state index contributed by atoms with van der Waals surface area (Å²) < 4.78 is 0. The van der Waals surface area contributed by atoms with E-state index in [9.17, 15) is 24.9 Å². The van der Waals surface area contributed by atoms with Gasteiger partial charge in [0.15, 0.2) is 17.2 Å². The van der Waals surface area contributed by atoms with Crippen LogP contribution >= 0.6 is 0 Å². The fourth-order valence-electron chi connectivity index (χ4n) is 3.44. The summed E-state index contributed by atoms with van der Waals surface area (Å²) in [5.41, 5.74) is 0.473. The monoisotopic (exact) mass is 384 g/mol. The summed E-state index contributed by atoms with van der Waals surface area (Å²) in [5, 5.41) is 31.9. The molecule has 0 unspecified atom stereocenters. The van der Waals surface area contributed by atoms with E-state index in [1.807, 2.05) is 0 Å². The van der Waals surface area contributed by atoms with Crippen molar-refractivity contribution >= 4 is 17.5 Å². The van der Waals surface area contributed by atoms with Crippen molar-refractivity contribution in [2.24, 2.45) is 0 Å². The highest BCUT2D eigenvalue weighted by Crippen LogP contribution is 2.36. The highest BCUT2D eigenvalue weighted by atomic mass is 16.3. The first-order valence-corrected chi connectivity index (χ1v) is 9.37. The van der Waals surface area contributed by atoms with Crippen molar-refractivity contribution in [2.75, 3.05) is 11.4 Å². The van der Waals surface area contributed by atoms with Gasteiger partial charge in [0.05, 0.1) is 0 Å². The molecule has 1 aliphatic rings. The van der Waals surface area contributed by atoms with Crippen LogP contribution in [-0.4, -0.2) is 39.7 Å². The van der Waals surface area contributed by atoms with Gasteiger partial charge in [0.2, 0.25) is 5.91 Å². The molecule has 4 N–H and O–H groups in total. The average Bonchev–Trinajstić information content (AvgIpc) is 2.70. The minimum absolute atomic E-state index is 0.0397. The van der Waals surface area contributed by atoms with Gasteiger partial charge in [0, 0.05) is 17.3 Å². The molecular weight excluding hydrogens is 360 g/mol. The van der Waals surface area contributed by atoms with E-state index in [4.69, 9.17) is 0 Å². The summed E-state index contributed by atoms with van der Waals surface area (Å²) >= 11 is 0. The molecule has 0 spiro atoms. The lowest BCUT2D eigenvalue weighted by Gasteiger charge is -2.26. The third-order valence-corrected chi connectivity index (χ3v) is 4.90. The Bertz CT molecular complexity index is 824. The molecular formula is C21H24N2O5. The number of carbonyl (C=O) groups is 2. The van der Waals surface area contributed by atoms with Crippen LogP contribution in [0.5, 0.6) is 17.2 Å². The van der Waals surface area contributed by atoms with Crippen molar-refractivity contribution < 1.29 is 24.9 Å². The van der Waals surface area contributed by atoms with E-state index in [0.29, 0.717) is 5.69 Å². The molecule has 0 atom stereocenters. The smallest absolute Gasteiger partial charge is 0.259 e. The lowest BCUT2D eigenvalue weighted by molar-refractivity contribution is -0.120. The van der Waals surface area contributed by atoms with Crippen LogP contribution in [0.4, 0.5) is 5.69 Å². The van der Waals surface area contributed by atoms with Crippen molar-refractivity contribution in [3.63, 3.8) is 0 Å². The van der Waals surface area contributed by atoms with Gasteiger partial charge < -0.3 is 20.6 Å². The minimum Gasteiger partial charge on any atom is -0.504 e. The van der Waals surface area contributed by atoms with Crippen molar-refractivity contribution in [3.05, 3.63) is 48.0 Å². The number of hydrogen-bond acceptors (Lipinski definition) is 5. The van der Waals surface area contributed by atoms with Crippen molar-refractivity contribution in [2.45, 2.75) is 38.1 Å². The second-order valence-corrected chi connectivity index (χ2v) is 6.99. The SMILES string of the molecule is O=C(CN(C(=O)c1cc(O)c(O)c(O)c1)c1ccccc1)NC1CCCCC1. The van der Waals surface area contributed by atoms with Crippen LogP contribution in [0.1, 0.15) is 42.5 Å². The summed E-state index contributed by atoms with van der Waals surface area (Å²) in [7, 11) is 0. The second kappa shape index (κ2) is 8.65. The van der Waals surface area contributed by atoms with E-state index in [1.54, 1.807) is 30.3 Å². The molecule has 0 aliphatic heterocycles. The number of benzene rings is 2. The zero-order valence-corrected chi connectivity index (χ0v) is 15.5. The summed E-state index contributed by atoms with van der Waals surface area (Å²) in [6.07, 6.45) is 5.21. The first-order valence-electron chi connectivity index (χ1n) is 9.37. The summed E-state index contributed by atoms with van der Waals surface area (Å²) in [6, 6.07) is 10.9. The fraction of sp³-hybridized carbons (Fsp3) is 0.333. The van der Waals surface area contributed by atoms with Gasteiger partial charge in [-0.1, -0.05) is 37.5 Å². The first kappa shape index (κ1) is 19.5. The molecule has 148 valence electrons. The van der Waals surface area contributed by atoms with E-state index in [-0.39, 0.29) is 24.1 Å². The van der Waals surface area contributed by atoms with Crippen LogP contribution in [0.25, 0.3) is 0 Å². The van der Waals surface area contributed by atoms with Gasteiger partial charge in [-0.15, -0.1) is 0 Å². The molecule has 1 aliphatic carbocycles. The Morgan fingerprint density at radius 1 is 0.964 bits per heavy atom. The van der Waals surface area contributed by atoms with E-state index >= 15 is 0 Å². The zero-order valence-electron chi connectivity index (χ0n) is 15.5. The van der Waals surface area contributed by atoms with Crippen LogP contribution in [-0.2, 0) is 4.79 Å². The maximum atomic E-state index is 13.0. The number of carbonyl (C=O) groups excluding carboxylic acids is 2. The normalized spacial score (nSPS) is 14.4. The maximum absolute atomic E-state index is 13.0. The van der Waals surface area contributed by atoms with Gasteiger partial charge in [-0.05, 0) is 37.1 Å². The molecule has 0 bridgehead atoms. The van der Waals surface area contributed by atoms with Crippen molar-refractivity contribution in [1.82, 2.24) is 5.32 Å². The number of aromatic hydroxyl groups is 3. The number of amides is 2. The summed E-state index contributed by atoms with van der Waals surface area (Å²) in [6.45, 7) is -0.193. The zero-order chi connectivity index (χ0) is 20.1. The molecule has 0 aromatic heterocycles. The highest BCUT2D eigenvalue weighted by molar-refractivity contribution is 6.09. The molecule has 2 aromatic rings. The lowest BCUT2D eigenvalue weighted by atomic mass is 9.95. The topological polar surface area (TPSA) is 110 Å². The van der Waals surface area contributed by atoms with Crippen LogP contribution in [0, 0.1) is 0 Å². The summed E-state index contributed by atoms with van der Waals surface area (Å²) in [5.74, 6) is -2.75. The molecule has 3 rings (SSSR count). The standard InChI is InChI=1S/C21H24N2O5/c24-17-11-14(12-18(25)20(17)27)21(28)23(16-9-5-2-6-10-16)13-19(26)22-15-7-3-1-4-8-15/h2,5-6,9-12,15,24-25,27H,1,3-4,7-8,13H2,(H,22,26). The van der Waals surface area contributed by atoms with Gasteiger partial charge in [0.1, 0.15) is 6.54 Å². The Labute approximate surface area is 163 Å². The van der Waals surface area contributed by atoms with Crippen LogP contribution < -0.4 is 10.2 Å². The predicted octanol–water partition coefficient (Wildman–Crippen LogP) is 2.90. The second-order valence-electron chi connectivity index (χ2n) is 6.99. The third-order valence-electron chi connectivity index (χ3n) is 4.90. The molecule has 7 nitrogen and oxygen atoms in total. The minimum atomic E-state index is -0.696. The molecule has 1 fully saturated rings. The van der Waals surface area contributed by atoms with E-state index in [0.717, 1.165) is 37.8 Å². The fourth-order valence-corrected chi connectivity index (χ4v) is 3.44. The molecule has 1 saturated carbocycles. The Morgan fingerprint density at radius 3 is 2.18 bits per heavy atom. The molecule has 0 heterocycles. The molecule has 28 heavy (non-hydrogen) atoms. The van der Waals surface area contributed by atoms with Crippen LogP contribution in [0.2, 0.25) is 0 Å².